The fourth-order valence-corrected chi connectivity index (χ4v) is 1.86. The number of nitrogens with two attached hydrogens (primary N) is 1. The maximum atomic E-state index is 13.8. The first-order chi connectivity index (χ1) is 8.95. The van der Waals surface area contributed by atoms with Crippen LogP contribution in [0, 0.1) is 18.6 Å². The van der Waals surface area contributed by atoms with Crippen LogP contribution in [0.4, 0.5) is 20.2 Å². The minimum absolute atomic E-state index is 0.132. The zero-order valence-corrected chi connectivity index (χ0v) is 11.0. The number of benzene rings is 2. The lowest BCUT2D eigenvalue weighted by Crippen LogP contribution is -2.09. The van der Waals surface area contributed by atoms with E-state index in [1.165, 1.54) is 24.3 Å². The first-order valence-corrected chi connectivity index (χ1v) is 6.00. The van der Waals surface area contributed by atoms with Gasteiger partial charge in [0, 0.05) is 11.3 Å². The van der Waals surface area contributed by atoms with Crippen molar-refractivity contribution in [3.05, 3.63) is 59.2 Å². The summed E-state index contributed by atoms with van der Waals surface area (Å²) in [5.74, 6) is -0.866. The van der Waals surface area contributed by atoms with Gasteiger partial charge in [-0.2, -0.15) is 0 Å². The number of hydrogen-bond donors (Lipinski definition) is 2. The van der Waals surface area contributed by atoms with Crippen LogP contribution in [0.1, 0.15) is 11.1 Å². The smallest absolute Gasteiger partial charge is 0.147 e. The summed E-state index contributed by atoms with van der Waals surface area (Å²) < 4.78 is 27.1. The van der Waals surface area contributed by atoms with Crippen molar-refractivity contribution in [2.45, 2.75) is 6.92 Å². The van der Waals surface area contributed by atoms with Crippen LogP contribution in [0.2, 0.25) is 0 Å². The van der Waals surface area contributed by atoms with E-state index in [0.29, 0.717) is 11.3 Å². The highest BCUT2D eigenvalue weighted by molar-refractivity contribution is 7.80. The second kappa shape index (κ2) is 5.32. The minimum Gasteiger partial charge on any atom is -0.389 e. The van der Waals surface area contributed by atoms with Crippen LogP contribution >= 0.6 is 12.2 Å². The number of halogens is 2. The third-order valence-corrected chi connectivity index (χ3v) is 2.81. The Morgan fingerprint density at radius 1 is 1.16 bits per heavy atom. The van der Waals surface area contributed by atoms with Gasteiger partial charge in [-0.15, -0.1) is 0 Å². The molecular formula is C14H12F2N2S. The second-order valence-corrected chi connectivity index (χ2v) is 4.64. The molecule has 0 spiro atoms. The van der Waals surface area contributed by atoms with Crippen LogP contribution in [0.15, 0.2) is 36.4 Å². The number of rotatable bonds is 3. The van der Waals surface area contributed by atoms with Crippen molar-refractivity contribution in [2.24, 2.45) is 5.73 Å². The van der Waals surface area contributed by atoms with E-state index in [1.54, 1.807) is 19.1 Å². The second-order valence-electron chi connectivity index (χ2n) is 4.20. The van der Waals surface area contributed by atoms with Crippen LogP contribution in [-0.4, -0.2) is 4.99 Å². The summed E-state index contributed by atoms with van der Waals surface area (Å²) >= 11 is 4.77. The molecule has 19 heavy (non-hydrogen) atoms. The quantitative estimate of drug-likeness (QED) is 0.842. The molecule has 2 aromatic carbocycles. The molecule has 0 radical (unpaired) electrons. The molecule has 0 saturated carbocycles. The first kappa shape index (κ1) is 13.4. The molecule has 0 heterocycles. The van der Waals surface area contributed by atoms with Crippen molar-refractivity contribution in [3.63, 3.8) is 0 Å². The van der Waals surface area contributed by atoms with Gasteiger partial charge in [-0.25, -0.2) is 8.78 Å². The molecule has 0 aliphatic carbocycles. The standard InChI is InChI=1S/C14H12F2N2S/c1-8-4-10(15)7-11(5-8)18-13-3-2-9(14(17)19)6-12(13)16/h2-7,18H,1H3,(H2,17,19). The topological polar surface area (TPSA) is 38.0 Å². The molecule has 0 aromatic heterocycles. The van der Waals surface area contributed by atoms with E-state index in [9.17, 15) is 8.78 Å². The zero-order valence-electron chi connectivity index (χ0n) is 10.2. The van der Waals surface area contributed by atoms with E-state index in [0.717, 1.165) is 5.56 Å². The van der Waals surface area contributed by atoms with Gasteiger partial charge in [0.25, 0.3) is 0 Å². The van der Waals surface area contributed by atoms with Crippen molar-refractivity contribution in [2.75, 3.05) is 5.32 Å². The minimum atomic E-state index is -0.493. The van der Waals surface area contributed by atoms with Gasteiger partial charge in [-0.1, -0.05) is 12.2 Å². The Balaban J connectivity index is 2.30. The fraction of sp³-hybridized carbons (Fsp3) is 0.0714. The monoisotopic (exact) mass is 278 g/mol. The van der Waals surface area contributed by atoms with Crippen molar-refractivity contribution < 1.29 is 8.78 Å². The number of nitrogens with one attached hydrogen (secondary N) is 1. The van der Waals surface area contributed by atoms with E-state index in [1.807, 2.05) is 0 Å². The third-order valence-electron chi connectivity index (χ3n) is 2.57. The number of anilines is 2. The predicted octanol–water partition coefficient (Wildman–Crippen LogP) is 3.65. The molecule has 2 nitrogen and oxygen atoms in total. The molecule has 0 aliphatic rings. The molecule has 0 saturated heterocycles. The maximum Gasteiger partial charge on any atom is 0.147 e. The van der Waals surface area contributed by atoms with Crippen molar-refractivity contribution in [1.82, 2.24) is 0 Å². The maximum absolute atomic E-state index is 13.8. The molecule has 2 aromatic rings. The highest BCUT2D eigenvalue weighted by Gasteiger charge is 2.06. The van der Waals surface area contributed by atoms with Gasteiger partial charge in [0.05, 0.1) is 5.69 Å². The average molecular weight is 278 g/mol. The molecule has 0 unspecified atom stereocenters. The molecule has 3 N–H and O–H groups in total. The summed E-state index contributed by atoms with van der Waals surface area (Å²) in [5.41, 5.74) is 7.35. The van der Waals surface area contributed by atoms with E-state index >= 15 is 0 Å². The summed E-state index contributed by atoms with van der Waals surface area (Å²) in [6.07, 6.45) is 0. The van der Waals surface area contributed by atoms with Gasteiger partial charge in [0.1, 0.15) is 16.6 Å². The van der Waals surface area contributed by atoms with Gasteiger partial charge in [-0.05, 0) is 48.9 Å². The van der Waals surface area contributed by atoms with E-state index in [4.69, 9.17) is 18.0 Å². The summed E-state index contributed by atoms with van der Waals surface area (Å²) in [6.45, 7) is 1.76. The lowest BCUT2D eigenvalue weighted by atomic mass is 10.1. The molecule has 0 fully saturated rings. The Morgan fingerprint density at radius 2 is 1.89 bits per heavy atom. The third kappa shape index (κ3) is 3.26. The van der Waals surface area contributed by atoms with E-state index in [-0.39, 0.29) is 16.5 Å². The van der Waals surface area contributed by atoms with Crippen LogP contribution in [0.5, 0.6) is 0 Å². The Bertz CT molecular complexity index is 621. The van der Waals surface area contributed by atoms with E-state index < -0.39 is 5.82 Å². The lowest BCUT2D eigenvalue weighted by molar-refractivity contribution is 0.626. The molecular weight excluding hydrogens is 266 g/mol. The van der Waals surface area contributed by atoms with Gasteiger partial charge in [0.15, 0.2) is 0 Å². The molecule has 0 aliphatic heterocycles. The Kier molecular flexibility index (Phi) is 3.76. The molecule has 0 bridgehead atoms. The normalized spacial score (nSPS) is 10.3. The van der Waals surface area contributed by atoms with Gasteiger partial charge < -0.3 is 11.1 Å². The van der Waals surface area contributed by atoms with Crippen molar-refractivity contribution in [3.8, 4) is 0 Å². The fourth-order valence-electron chi connectivity index (χ4n) is 1.73. The summed E-state index contributed by atoms with van der Waals surface area (Å²) in [7, 11) is 0. The Labute approximate surface area is 115 Å². The molecule has 0 amide bonds. The van der Waals surface area contributed by atoms with Crippen LogP contribution in [0.3, 0.4) is 0 Å². The molecule has 2 rings (SSSR count). The number of hydrogen-bond acceptors (Lipinski definition) is 2. The Hall–Kier alpha value is -2.01. The lowest BCUT2D eigenvalue weighted by Gasteiger charge is -2.09. The van der Waals surface area contributed by atoms with Crippen LogP contribution in [0.25, 0.3) is 0 Å². The summed E-state index contributed by atoms with van der Waals surface area (Å²) in [4.78, 5) is 0.132. The summed E-state index contributed by atoms with van der Waals surface area (Å²) in [6, 6.07) is 8.80. The predicted molar refractivity (Wildman–Crippen MR) is 76.7 cm³/mol. The molecule has 5 heteroatoms. The first-order valence-electron chi connectivity index (χ1n) is 5.59. The van der Waals surface area contributed by atoms with Gasteiger partial charge in [-0.3, -0.25) is 0 Å². The van der Waals surface area contributed by atoms with Crippen molar-refractivity contribution >= 4 is 28.6 Å². The average Bonchev–Trinajstić information content (AvgIpc) is 2.30. The molecule has 98 valence electrons. The SMILES string of the molecule is Cc1cc(F)cc(Nc2ccc(C(N)=S)cc2F)c1. The largest absolute Gasteiger partial charge is 0.389 e. The zero-order chi connectivity index (χ0) is 14.0. The van der Waals surface area contributed by atoms with Gasteiger partial charge >= 0.3 is 0 Å². The van der Waals surface area contributed by atoms with Crippen LogP contribution in [-0.2, 0) is 0 Å². The molecule has 0 atom stereocenters. The van der Waals surface area contributed by atoms with Crippen LogP contribution < -0.4 is 11.1 Å². The Morgan fingerprint density at radius 3 is 2.47 bits per heavy atom. The number of aryl methyl sites for hydroxylation is 1. The van der Waals surface area contributed by atoms with Gasteiger partial charge in [0.2, 0.25) is 0 Å². The van der Waals surface area contributed by atoms with E-state index in [2.05, 4.69) is 5.32 Å². The highest BCUT2D eigenvalue weighted by atomic mass is 32.1. The number of thiocarbonyl (C=S) groups is 1. The summed E-state index contributed by atoms with van der Waals surface area (Å²) in [5, 5.41) is 2.82. The highest BCUT2D eigenvalue weighted by Crippen LogP contribution is 2.22. The van der Waals surface area contributed by atoms with Crippen molar-refractivity contribution in [1.29, 1.82) is 0 Å².